The maximum atomic E-state index is 11.2. The molecule has 1 unspecified atom stereocenters. The zero-order valence-corrected chi connectivity index (χ0v) is 8.16. The molecule has 0 N–H and O–H groups in total. The highest BCUT2D eigenvalue weighted by Crippen LogP contribution is 2.34. The Morgan fingerprint density at radius 3 is 2.43 bits per heavy atom. The number of amides is 2. The summed E-state index contributed by atoms with van der Waals surface area (Å²) in [4.78, 5) is 23.6. The number of carbonyl (C=O) groups is 2. The van der Waals surface area contributed by atoms with Crippen molar-refractivity contribution in [2.75, 3.05) is 13.2 Å². The van der Waals surface area contributed by atoms with E-state index in [9.17, 15) is 9.59 Å². The summed E-state index contributed by atoms with van der Waals surface area (Å²) < 4.78 is 5.31. The summed E-state index contributed by atoms with van der Waals surface area (Å²) >= 11 is 0. The lowest BCUT2D eigenvalue weighted by molar-refractivity contribution is -0.136. The molecule has 0 aliphatic carbocycles. The van der Waals surface area contributed by atoms with Crippen LogP contribution < -0.4 is 0 Å². The van der Waals surface area contributed by atoms with Gasteiger partial charge in [-0.1, -0.05) is 6.92 Å². The van der Waals surface area contributed by atoms with E-state index in [-0.39, 0.29) is 17.4 Å². The molecule has 2 aliphatic heterocycles. The second kappa shape index (κ2) is 3.20. The summed E-state index contributed by atoms with van der Waals surface area (Å²) in [5.41, 5.74) is -0.0524. The number of imide groups is 1. The molecule has 2 amide bonds. The van der Waals surface area contributed by atoms with Crippen molar-refractivity contribution < 1.29 is 14.3 Å². The number of carbonyl (C=O) groups excluding carboxylic acids is 2. The van der Waals surface area contributed by atoms with Gasteiger partial charge in [-0.15, -0.1) is 0 Å². The van der Waals surface area contributed by atoms with Crippen LogP contribution in [0, 0.1) is 0 Å². The number of epoxide rings is 1. The molecule has 0 bridgehead atoms. The number of hydrogen-bond acceptors (Lipinski definition) is 3. The van der Waals surface area contributed by atoms with Crippen molar-refractivity contribution in [2.45, 2.75) is 25.4 Å². The quantitative estimate of drug-likeness (QED) is 0.484. The van der Waals surface area contributed by atoms with Crippen molar-refractivity contribution in [2.24, 2.45) is 0 Å². The number of hydrogen-bond donors (Lipinski definition) is 0. The molecule has 0 radical (unpaired) electrons. The van der Waals surface area contributed by atoms with Crippen molar-refractivity contribution in [1.82, 2.24) is 4.90 Å². The molecular weight excluding hydrogens is 182 g/mol. The third-order valence-electron chi connectivity index (χ3n) is 2.89. The average Bonchev–Trinajstić information content (AvgIpc) is 2.89. The molecule has 4 nitrogen and oxygen atoms in total. The Balaban J connectivity index is 1.87. The van der Waals surface area contributed by atoms with Crippen molar-refractivity contribution in [3.05, 3.63) is 12.2 Å². The van der Waals surface area contributed by atoms with Crippen molar-refractivity contribution in [3.63, 3.8) is 0 Å². The van der Waals surface area contributed by atoms with Crippen molar-refractivity contribution in [1.29, 1.82) is 0 Å². The maximum absolute atomic E-state index is 11.2. The normalized spacial score (nSPS) is 30.2. The molecule has 0 aromatic heterocycles. The monoisotopic (exact) mass is 195 g/mol. The molecule has 14 heavy (non-hydrogen) atoms. The summed E-state index contributed by atoms with van der Waals surface area (Å²) in [5.74, 6) is -0.413. The molecule has 1 fully saturated rings. The fraction of sp³-hybridized carbons (Fsp3) is 0.600. The van der Waals surface area contributed by atoms with Gasteiger partial charge in [-0.25, -0.2) is 0 Å². The Labute approximate surface area is 82.5 Å². The van der Waals surface area contributed by atoms with Crippen LogP contribution in [0.15, 0.2) is 12.2 Å². The van der Waals surface area contributed by atoms with E-state index in [0.29, 0.717) is 6.54 Å². The van der Waals surface area contributed by atoms with Gasteiger partial charge in [0.05, 0.1) is 12.2 Å². The topological polar surface area (TPSA) is 49.9 Å². The SMILES string of the molecule is CCC1(CCN2C(=O)C=CC2=O)CO1. The van der Waals surface area contributed by atoms with E-state index in [1.54, 1.807) is 0 Å². The van der Waals surface area contributed by atoms with E-state index >= 15 is 0 Å². The van der Waals surface area contributed by atoms with Gasteiger partial charge in [0.2, 0.25) is 0 Å². The molecule has 2 aliphatic rings. The first-order chi connectivity index (χ1) is 6.67. The molecule has 0 aromatic rings. The molecule has 4 heteroatoms. The summed E-state index contributed by atoms with van der Waals surface area (Å²) in [5, 5.41) is 0. The number of nitrogens with zero attached hydrogens (tertiary/aromatic N) is 1. The highest BCUT2D eigenvalue weighted by Gasteiger charge is 2.43. The predicted molar refractivity (Wildman–Crippen MR) is 49.5 cm³/mol. The smallest absolute Gasteiger partial charge is 0.253 e. The fourth-order valence-electron chi connectivity index (χ4n) is 1.59. The largest absolute Gasteiger partial charge is 0.370 e. The molecule has 2 heterocycles. The maximum Gasteiger partial charge on any atom is 0.253 e. The second-order valence-corrected chi connectivity index (χ2v) is 3.74. The third-order valence-corrected chi connectivity index (χ3v) is 2.89. The summed E-state index contributed by atoms with van der Waals surface area (Å²) in [7, 11) is 0. The van der Waals surface area contributed by atoms with Crippen LogP contribution in [0.5, 0.6) is 0 Å². The van der Waals surface area contributed by atoms with Gasteiger partial charge in [0.25, 0.3) is 11.8 Å². The van der Waals surface area contributed by atoms with Crippen LogP contribution in [0.3, 0.4) is 0 Å². The van der Waals surface area contributed by atoms with Crippen molar-refractivity contribution >= 4 is 11.8 Å². The fourth-order valence-corrected chi connectivity index (χ4v) is 1.59. The first-order valence-corrected chi connectivity index (χ1v) is 4.84. The van der Waals surface area contributed by atoms with E-state index in [2.05, 4.69) is 6.92 Å². The third kappa shape index (κ3) is 1.57. The summed E-state index contributed by atoms with van der Waals surface area (Å²) in [6, 6.07) is 0. The zero-order chi connectivity index (χ0) is 10.2. The van der Waals surface area contributed by atoms with Gasteiger partial charge >= 0.3 is 0 Å². The number of ether oxygens (including phenoxy) is 1. The molecule has 0 spiro atoms. The van der Waals surface area contributed by atoms with Gasteiger partial charge in [-0.3, -0.25) is 14.5 Å². The first kappa shape index (κ1) is 9.40. The molecule has 2 rings (SSSR count). The average molecular weight is 195 g/mol. The second-order valence-electron chi connectivity index (χ2n) is 3.74. The Hall–Kier alpha value is -1.16. The Kier molecular flexibility index (Phi) is 2.15. The van der Waals surface area contributed by atoms with Gasteiger partial charge in [0, 0.05) is 18.7 Å². The van der Waals surface area contributed by atoms with Gasteiger partial charge in [0.1, 0.15) is 0 Å². The van der Waals surface area contributed by atoms with Gasteiger partial charge in [-0.2, -0.15) is 0 Å². The lowest BCUT2D eigenvalue weighted by atomic mass is 10.0. The first-order valence-electron chi connectivity index (χ1n) is 4.84. The van der Waals surface area contributed by atoms with Crippen LogP contribution in [-0.2, 0) is 14.3 Å². The number of rotatable bonds is 4. The zero-order valence-electron chi connectivity index (χ0n) is 8.16. The molecular formula is C10H13NO3. The molecule has 1 saturated heterocycles. The van der Waals surface area contributed by atoms with Crippen LogP contribution in [-0.4, -0.2) is 35.5 Å². The Morgan fingerprint density at radius 1 is 1.43 bits per heavy atom. The predicted octanol–water partition coefficient (Wildman–Crippen LogP) is 0.480. The highest BCUT2D eigenvalue weighted by atomic mass is 16.6. The molecule has 1 atom stereocenters. The molecule has 0 saturated carbocycles. The van der Waals surface area contributed by atoms with Crippen LogP contribution >= 0.6 is 0 Å². The van der Waals surface area contributed by atoms with Crippen LogP contribution in [0.4, 0.5) is 0 Å². The van der Waals surface area contributed by atoms with Gasteiger partial charge < -0.3 is 4.74 Å². The minimum Gasteiger partial charge on any atom is -0.370 e. The van der Waals surface area contributed by atoms with E-state index in [1.807, 2.05) is 0 Å². The van der Waals surface area contributed by atoms with Gasteiger partial charge in [-0.05, 0) is 12.8 Å². The van der Waals surface area contributed by atoms with Gasteiger partial charge in [0.15, 0.2) is 0 Å². The van der Waals surface area contributed by atoms with E-state index in [1.165, 1.54) is 17.1 Å². The Morgan fingerprint density at radius 2 is 2.00 bits per heavy atom. The van der Waals surface area contributed by atoms with Crippen molar-refractivity contribution in [3.8, 4) is 0 Å². The van der Waals surface area contributed by atoms with E-state index in [4.69, 9.17) is 4.74 Å². The standard InChI is InChI=1S/C10H13NO3/c1-2-10(7-14-10)5-6-11-8(12)3-4-9(11)13/h3-4H,2,5-7H2,1H3. The molecule has 76 valence electrons. The van der Waals surface area contributed by atoms with Crippen LogP contribution in [0.2, 0.25) is 0 Å². The van der Waals surface area contributed by atoms with E-state index < -0.39 is 0 Å². The minimum atomic E-state index is -0.207. The van der Waals surface area contributed by atoms with E-state index in [0.717, 1.165) is 19.4 Å². The Bertz CT molecular complexity index is 286. The summed E-state index contributed by atoms with van der Waals surface area (Å²) in [6.45, 7) is 3.28. The lowest BCUT2D eigenvalue weighted by Gasteiger charge is -2.16. The van der Waals surface area contributed by atoms with Crippen LogP contribution in [0.25, 0.3) is 0 Å². The molecule has 0 aromatic carbocycles. The lowest BCUT2D eigenvalue weighted by Crippen LogP contribution is -2.33. The highest BCUT2D eigenvalue weighted by molar-refractivity contribution is 6.12. The van der Waals surface area contributed by atoms with Crippen LogP contribution in [0.1, 0.15) is 19.8 Å². The minimum absolute atomic E-state index is 0.0524. The summed E-state index contributed by atoms with van der Waals surface area (Å²) in [6.07, 6.45) is 4.32.